The SMILES string of the molecule is C=C[C@H]1CC[C@H](Cn2c(C3(c4ccc(F)cc4)CC3)nc3nc(C(=N)NC(=O)O)nc(N[C@H](C)C4CCC4)c32)CC1. The van der Waals surface area contributed by atoms with Gasteiger partial charge in [0.1, 0.15) is 17.2 Å². The Labute approximate surface area is 239 Å². The van der Waals surface area contributed by atoms with Crippen LogP contribution in [0.25, 0.3) is 11.2 Å². The predicted molar refractivity (Wildman–Crippen MR) is 156 cm³/mol. The van der Waals surface area contributed by atoms with Gasteiger partial charge in [0.2, 0.25) is 0 Å². The summed E-state index contributed by atoms with van der Waals surface area (Å²) in [5, 5.41) is 23.3. The lowest BCUT2D eigenvalue weighted by atomic mass is 9.80. The first-order chi connectivity index (χ1) is 19.8. The smallest absolute Gasteiger partial charge is 0.410 e. The fraction of sp³-hybridized carbons (Fsp3) is 0.516. The summed E-state index contributed by atoms with van der Waals surface area (Å²) < 4.78 is 16.2. The van der Waals surface area contributed by atoms with Crippen LogP contribution in [-0.4, -0.2) is 42.6 Å². The monoisotopic (exact) mass is 559 g/mol. The second kappa shape index (κ2) is 10.9. The van der Waals surface area contributed by atoms with Crippen molar-refractivity contribution in [2.75, 3.05) is 5.32 Å². The normalized spacial score (nSPS) is 22.5. The van der Waals surface area contributed by atoms with Crippen LogP contribution in [0.3, 0.4) is 0 Å². The molecular weight excluding hydrogens is 521 g/mol. The van der Waals surface area contributed by atoms with Gasteiger partial charge in [0.25, 0.3) is 0 Å². The fourth-order valence-electron chi connectivity index (χ4n) is 6.63. The molecule has 0 bridgehead atoms. The van der Waals surface area contributed by atoms with Crippen LogP contribution in [0.5, 0.6) is 0 Å². The maximum atomic E-state index is 13.9. The summed E-state index contributed by atoms with van der Waals surface area (Å²) in [7, 11) is 0. The predicted octanol–water partition coefficient (Wildman–Crippen LogP) is 6.23. The molecule has 0 spiro atoms. The number of allylic oxidation sites excluding steroid dienone is 1. The van der Waals surface area contributed by atoms with E-state index in [1.807, 2.05) is 12.1 Å². The largest absolute Gasteiger partial charge is 0.465 e. The highest BCUT2D eigenvalue weighted by molar-refractivity contribution is 6.03. The third-order valence-corrected chi connectivity index (χ3v) is 9.52. The molecule has 41 heavy (non-hydrogen) atoms. The summed E-state index contributed by atoms with van der Waals surface area (Å²) in [4.78, 5) is 25.8. The molecule has 0 aliphatic heterocycles. The lowest BCUT2D eigenvalue weighted by Gasteiger charge is -2.32. The number of halogens is 1. The van der Waals surface area contributed by atoms with Crippen LogP contribution in [-0.2, 0) is 12.0 Å². The van der Waals surface area contributed by atoms with Crippen molar-refractivity contribution in [3.05, 3.63) is 59.9 Å². The number of anilines is 1. The molecule has 1 atom stereocenters. The molecule has 2 heterocycles. The molecule has 9 nitrogen and oxygen atoms in total. The van der Waals surface area contributed by atoms with E-state index in [0.717, 1.165) is 74.8 Å². The van der Waals surface area contributed by atoms with Gasteiger partial charge in [-0.05, 0) is 93.7 Å². The van der Waals surface area contributed by atoms with Gasteiger partial charge in [0.15, 0.2) is 23.1 Å². The van der Waals surface area contributed by atoms with E-state index in [1.165, 1.54) is 18.6 Å². The first-order valence-electron chi connectivity index (χ1n) is 14.8. The minimum atomic E-state index is -1.34. The molecule has 10 heteroatoms. The standard InChI is InChI=1S/C31H38FN7O2/c1-3-19-7-9-20(10-8-19)17-39-24-26(34-18(2)21-5-4-6-21)36-28(25(33)35-30(40)41)37-27(24)38-29(39)31(15-16-31)22-11-13-23(32)14-12-22/h3,11-14,18-21H,1,4-10,15-17H2,2H3,(H2,33,35)(H,40,41)(H,34,36,37)/t18-,19-,20-/m1/s1. The molecule has 3 aliphatic rings. The van der Waals surface area contributed by atoms with Gasteiger partial charge in [-0.1, -0.05) is 24.6 Å². The number of rotatable bonds is 9. The maximum absolute atomic E-state index is 13.9. The van der Waals surface area contributed by atoms with Gasteiger partial charge in [-0.3, -0.25) is 10.7 Å². The van der Waals surface area contributed by atoms with Gasteiger partial charge in [0.05, 0.1) is 5.41 Å². The molecule has 1 aromatic carbocycles. The molecule has 1 amide bonds. The topological polar surface area (TPSA) is 129 Å². The highest BCUT2D eigenvalue weighted by atomic mass is 19.1. The number of hydrogen-bond donors (Lipinski definition) is 4. The van der Waals surface area contributed by atoms with Gasteiger partial charge >= 0.3 is 6.09 Å². The van der Waals surface area contributed by atoms with Crippen LogP contribution < -0.4 is 10.6 Å². The van der Waals surface area contributed by atoms with Crippen molar-refractivity contribution in [2.45, 2.75) is 82.7 Å². The molecule has 3 aromatic rings. The average Bonchev–Trinajstić information content (AvgIpc) is 3.64. The number of aromatic nitrogens is 4. The van der Waals surface area contributed by atoms with Crippen LogP contribution in [0.15, 0.2) is 36.9 Å². The van der Waals surface area contributed by atoms with E-state index >= 15 is 0 Å². The highest BCUT2D eigenvalue weighted by Gasteiger charge is 2.50. The summed E-state index contributed by atoms with van der Waals surface area (Å²) in [6, 6.07) is 6.86. The zero-order valence-corrected chi connectivity index (χ0v) is 23.5. The number of carbonyl (C=O) groups is 1. The minimum absolute atomic E-state index is 0.0162. The van der Waals surface area contributed by atoms with Gasteiger partial charge < -0.3 is 15.0 Å². The van der Waals surface area contributed by atoms with Crippen molar-refractivity contribution in [1.82, 2.24) is 24.8 Å². The molecule has 2 aromatic heterocycles. The summed E-state index contributed by atoms with van der Waals surface area (Å²) in [6.07, 6.45) is 10.4. The summed E-state index contributed by atoms with van der Waals surface area (Å²) in [5.74, 6) is 2.32. The number of amidine groups is 1. The van der Waals surface area contributed by atoms with Gasteiger partial charge in [-0.25, -0.2) is 24.1 Å². The number of fused-ring (bicyclic) bond motifs is 1. The quantitative estimate of drug-likeness (QED) is 0.140. The molecule has 216 valence electrons. The second-order valence-corrected chi connectivity index (χ2v) is 12.1. The Hall–Kier alpha value is -3.82. The van der Waals surface area contributed by atoms with E-state index in [4.69, 9.17) is 15.4 Å². The van der Waals surface area contributed by atoms with Crippen LogP contribution in [0, 0.1) is 29.0 Å². The van der Waals surface area contributed by atoms with Crippen molar-refractivity contribution in [3.63, 3.8) is 0 Å². The van der Waals surface area contributed by atoms with E-state index in [0.29, 0.717) is 29.2 Å². The molecule has 3 fully saturated rings. The lowest BCUT2D eigenvalue weighted by Crippen LogP contribution is -2.33. The Bertz CT molecular complexity index is 1470. The number of carboxylic acid groups (broad SMARTS) is 1. The van der Waals surface area contributed by atoms with Crippen LogP contribution in [0.2, 0.25) is 0 Å². The summed E-state index contributed by atoms with van der Waals surface area (Å²) >= 11 is 0. The van der Waals surface area contributed by atoms with E-state index in [2.05, 4.69) is 39.8 Å². The van der Waals surface area contributed by atoms with E-state index < -0.39 is 11.9 Å². The Kier molecular flexibility index (Phi) is 7.25. The number of hydrogen-bond acceptors (Lipinski definition) is 6. The van der Waals surface area contributed by atoms with Gasteiger partial charge in [-0.2, -0.15) is 0 Å². The van der Waals surface area contributed by atoms with Crippen molar-refractivity contribution in [2.24, 2.45) is 17.8 Å². The molecule has 3 aliphatic carbocycles. The number of benzene rings is 1. The molecular formula is C31H38FN7O2. The van der Waals surface area contributed by atoms with Crippen molar-refractivity contribution in [1.29, 1.82) is 5.41 Å². The van der Waals surface area contributed by atoms with Crippen LogP contribution in [0.1, 0.15) is 81.9 Å². The first kappa shape index (κ1) is 27.4. The first-order valence-corrected chi connectivity index (χ1v) is 14.8. The van der Waals surface area contributed by atoms with E-state index in [-0.39, 0.29) is 23.1 Å². The maximum Gasteiger partial charge on any atom is 0.410 e. The third kappa shape index (κ3) is 5.31. The Morgan fingerprint density at radius 3 is 2.46 bits per heavy atom. The summed E-state index contributed by atoms with van der Waals surface area (Å²) in [6.45, 7) is 6.91. The average molecular weight is 560 g/mol. The Morgan fingerprint density at radius 2 is 1.88 bits per heavy atom. The van der Waals surface area contributed by atoms with Crippen LogP contribution >= 0.6 is 0 Å². The number of imidazole rings is 1. The Balaban J connectivity index is 1.49. The summed E-state index contributed by atoms with van der Waals surface area (Å²) in [5.41, 5.74) is 1.91. The molecule has 0 unspecified atom stereocenters. The lowest BCUT2D eigenvalue weighted by molar-refractivity contribution is 0.200. The zero-order chi connectivity index (χ0) is 28.7. The van der Waals surface area contributed by atoms with Crippen molar-refractivity contribution < 1.29 is 14.3 Å². The molecule has 0 saturated heterocycles. The van der Waals surface area contributed by atoms with Gasteiger partial charge in [0, 0.05) is 12.6 Å². The number of amides is 1. The number of nitrogens with one attached hydrogen (secondary N) is 3. The third-order valence-electron chi connectivity index (χ3n) is 9.52. The second-order valence-electron chi connectivity index (χ2n) is 12.1. The number of nitrogens with zero attached hydrogens (tertiary/aromatic N) is 4. The van der Waals surface area contributed by atoms with E-state index in [9.17, 15) is 14.3 Å². The molecule has 0 radical (unpaired) electrons. The van der Waals surface area contributed by atoms with E-state index in [1.54, 1.807) is 0 Å². The Morgan fingerprint density at radius 1 is 1.17 bits per heavy atom. The molecule has 4 N–H and O–H groups in total. The fourth-order valence-corrected chi connectivity index (χ4v) is 6.63. The zero-order valence-electron chi connectivity index (χ0n) is 23.5. The highest BCUT2D eigenvalue weighted by Crippen LogP contribution is 2.54. The van der Waals surface area contributed by atoms with Crippen molar-refractivity contribution in [3.8, 4) is 0 Å². The minimum Gasteiger partial charge on any atom is -0.465 e. The van der Waals surface area contributed by atoms with Gasteiger partial charge in [-0.15, -0.1) is 6.58 Å². The van der Waals surface area contributed by atoms with Crippen LogP contribution in [0.4, 0.5) is 15.0 Å². The molecule has 3 saturated carbocycles. The molecule has 6 rings (SSSR count). The van der Waals surface area contributed by atoms with Crippen molar-refractivity contribution >= 4 is 28.9 Å².